The van der Waals surface area contributed by atoms with Gasteiger partial charge in [0.05, 0.1) is 0 Å². The van der Waals surface area contributed by atoms with E-state index in [0.29, 0.717) is 0 Å². The third-order valence-electron chi connectivity index (χ3n) is 1.19. The summed E-state index contributed by atoms with van der Waals surface area (Å²) in [7, 11) is -3.40. The highest BCUT2D eigenvalue weighted by atomic mass is 28.4. The quantitative estimate of drug-likeness (QED) is 0.581. The largest absolute Gasteiger partial charge is 0.408 e. The minimum atomic E-state index is -4.14. The molecule has 0 spiro atoms. The Balaban J connectivity index is 4.10. The molecule has 10 heavy (non-hydrogen) atoms. The molecule has 0 saturated heterocycles. The third kappa shape index (κ3) is 2.30. The van der Waals surface area contributed by atoms with Crippen LogP contribution >= 0.6 is 0 Å². The molecule has 5 heteroatoms. The molecule has 1 nitrogen and oxygen atoms in total. The number of rotatable bonds is 2. The van der Waals surface area contributed by atoms with E-state index in [1.165, 1.54) is 0 Å². The molecule has 0 rings (SSSR count). The van der Waals surface area contributed by atoms with E-state index in [1.54, 1.807) is 6.92 Å². The van der Waals surface area contributed by atoms with Gasteiger partial charge in [-0.15, -0.1) is 0 Å². The molecular weight excluding hydrogens is 161 g/mol. The van der Waals surface area contributed by atoms with E-state index in [2.05, 4.69) is 4.43 Å². The summed E-state index contributed by atoms with van der Waals surface area (Å²) >= 11 is 0. The fourth-order valence-corrected chi connectivity index (χ4v) is 1.33. The van der Waals surface area contributed by atoms with Gasteiger partial charge < -0.3 is 4.43 Å². The molecule has 0 aliphatic carbocycles. The lowest BCUT2D eigenvalue weighted by Crippen LogP contribution is -2.47. The van der Waals surface area contributed by atoms with Crippen molar-refractivity contribution >= 4 is 8.32 Å². The molecule has 0 aromatic carbocycles. The van der Waals surface area contributed by atoms with Crippen LogP contribution in [0.1, 0.15) is 6.92 Å². The van der Waals surface area contributed by atoms with E-state index < -0.39 is 14.1 Å². The van der Waals surface area contributed by atoms with Crippen molar-refractivity contribution in [2.75, 3.05) is 6.61 Å². The van der Waals surface area contributed by atoms with Gasteiger partial charge in [0.2, 0.25) is 0 Å². The van der Waals surface area contributed by atoms with E-state index in [-0.39, 0.29) is 6.61 Å². The molecule has 0 saturated carbocycles. The lowest BCUT2D eigenvalue weighted by Gasteiger charge is -2.24. The lowest BCUT2D eigenvalue weighted by molar-refractivity contribution is -0.0722. The molecule has 0 fully saturated rings. The second-order valence-corrected chi connectivity index (χ2v) is 6.32. The van der Waals surface area contributed by atoms with Crippen molar-refractivity contribution in [3.05, 3.63) is 0 Å². The highest BCUT2D eigenvalue weighted by molar-refractivity contribution is 6.73. The van der Waals surface area contributed by atoms with E-state index in [9.17, 15) is 13.2 Å². The summed E-state index contributed by atoms with van der Waals surface area (Å²) in [4.78, 5) is 0. The number of hydrogen-bond acceptors (Lipinski definition) is 1. The number of halogens is 3. The lowest BCUT2D eigenvalue weighted by atomic mass is 10.9. The van der Waals surface area contributed by atoms with Crippen molar-refractivity contribution in [1.29, 1.82) is 0 Å². The Morgan fingerprint density at radius 2 is 1.70 bits per heavy atom. The second kappa shape index (κ2) is 2.92. The van der Waals surface area contributed by atoms with Gasteiger partial charge in [0.15, 0.2) is 0 Å². The standard InChI is InChI=1S/C5H11F3OSi/c1-4-9-10(2,3)5(6,7)8/h4H2,1-3H3. The first-order chi connectivity index (χ1) is 4.31. The summed E-state index contributed by atoms with van der Waals surface area (Å²) in [5.41, 5.74) is 0. The Morgan fingerprint density at radius 1 is 1.30 bits per heavy atom. The average molecular weight is 172 g/mol. The molecule has 0 N–H and O–H groups in total. The van der Waals surface area contributed by atoms with Gasteiger partial charge in [-0.2, -0.15) is 13.2 Å². The van der Waals surface area contributed by atoms with Crippen molar-refractivity contribution in [2.45, 2.75) is 25.8 Å². The van der Waals surface area contributed by atoms with Gasteiger partial charge in [-0.05, 0) is 20.0 Å². The van der Waals surface area contributed by atoms with E-state index in [1.807, 2.05) is 0 Å². The first kappa shape index (κ1) is 9.97. The first-order valence-corrected chi connectivity index (χ1v) is 5.93. The van der Waals surface area contributed by atoms with Crippen LogP contribution in [0.2, 0.25) is 13.1 Å². The summed E-state index contributed by atoms with van der Waals surface area (Å²) in [6.07, 6.45) is 0. The predicted molar refractivity (Wildman–Crippen MR) is 35.2 cm³/mol. The Kier molecular flexibility index (Phi) is 2.91. The zero-order chi connectivity index (χ0) is 8.41. The minimum Gasteiger partial charge on any atom is -0.408 e. The molecule has 0 atom stereocenters. The highest BCUT2D eigenvalue weighted by Crippen LogP contribution is 2.28. The van der Waals surface area contributed by atoms with Crippen LogP contribution in [0.3, 0.4) is 0 Å². The Morgan fingerprint density at radius 3 is 1.80 bits per heavy atom. The molecule has 0 aromatic rings. The predicted octanol–water partition coefficient (Wildman–Crippen LogP) is 2.33. The monoisotopic (exact) mass is 172 g/mol. The van der Waals surface area contributed by atoms with E-state index >= 15 is 0 Å². The summed E-state index contributed by atoms with van der Waals surface area (Å²) in [6, 6.07) is 0. The number of hydrogen-bond donors (Lipinski definition) is 0. The molecule has 0 aromatic heterocycles. The summed E-state index contributed by atoms with van der Waals surface area (Å²) in [6.45, 7) is 4.01. The highest BCUT2D eigenvalue weighted by Gasteiger charge is 2.51. The van der Waals surface area contributed by atoms with Gasteiger partial charge in [-0.3, -0.25) is 0 Å². The first-order valence-electron chi connectivity index (χ1n) is 3.02. The molecule has 0 aliphatic rings. The summed E-state index contributed by atoms with van der Waals surface area (Å²) in [5, 5.41) is 0. The molecule has 62 valence electrons. The van der Waals surface area contributed by atoms with Gasteiger partial charge >= 0.3 is 14.1 Å². The zero-order valence-electron chi connectivity index (χ0n) is 6.25. The Labute approximate surface area is 59.3 Å². The van der Waals surface area contributed by atoms with Crippen LogP contribution in [0.25, 0.3) is 0 Å². The maximum atomic E-state index is 12.0. The van der Waals surface area contributed by atoms with Crippen molar-refractivity contribution in [3.63, 3.8) is 0 Å². The van der Waals surface area contributed by atoms with Gasteiger partial charge in [0.1, 0.15) is 0 Å². The van der Waals surface area contributed by atoms with Crippen LogP contribution in [-0.2, 0) is 4.43 Å². The summed E-state index contributed by atoms with van der Waals surface area (Å²) in [5.74, 6) is -4.14. The van der Waals surface area contributed by atoms with Crippen LogP contribution in [0.5, 0.6) is 0 Å². The maximum Gasteiger partial charge on any atom is 0.388 e. The fourth-order valence-electron chi connectivity index (χ4n) is 0.443. The van der Waals surface area contributed by atoms with Crippen LogP contribution in [0.4, 0.5) is 13.2 Å². The van der Waals surface area contributed by atoms with Crippen LogP contribution in [0, 0.1) is 0 Å². The molecular formula is C5H11F3OSi. The van der Waals surface area contributed by atoms with Gasteiger partial charge in [-0.25, -0.2) is 0 Å². The second-order valence-electron chi connectivity index (χ2n) is 2.44. The van der Waals surface area contributed by atoms with Crippen LogP contribution in [-0.4, -0.2) is 20.7 Å². The molecule has 0 radical (unpaired) electrons. The smallest absolute Gasteiger partial charge is 0.388 e. The molecule has 0 heterocycles. The van der Waals surface area contributed by atoms with Crippen molar-refractivity contribution in [3.8, 4) is 0 Å². The Bertz CT molecular complexity index is 110. The normalized spacial score (nSPS) is 13.8. The fraction of sp³-hybridized carbons (Fsp3) is 1.00. The SMILES string of the molecule is CCO[Si](C)(C)C(F)(F)F. The van der Waals surface area contributed by atoms with Gasteiger partial charge in [0.25, 0.3) is 0 Å². The maximum absolute atomic E-state index is 12.0. The topological polar surface area (TPSA) is 9.23 Å². The summed E-state index contributed by atoms with van der Waals surface area (Å²) < 4.78 is 40.5. The number of alkyl halides is 3. The molecule has 0 amide bonds. The van der Waals surface area contributed by atoms with Gasteiger partial charge in [-0.1, -0.05) is 0 Å². The molecule has 0 bridgehead atoms. The van der Waals surface area contributed by atoms with Gasteiger partial charge in [0, 0.05) is 6.61 Å². The van der Waals surface area contributed by atoms with Crippen molar-refractivity contribution < 1.29 is 17.6 Å². The van der Waals surface area contributed by atoms with Crippen molar-refractivity contribution in [2.24, 2.45) is 0 Å². The van der Waals surface area contributed by atoms with Crippen LogP contribution < -0.4 is 0 Å². The third-order valence-corrected chi connectivity index (χ3v) is 3.56. The van der Waals surface area contributed by atoms with E-state index in [4.69, 9.17) is 0 Å². The Hall–Kier alpha value is -0.0331. The molecule has 0 unspecified atom stereocenters. The van der Waals surface area contributed by atoms with E-state index in [0.717, 1.165) is 13.1 Å². The zero-order valence-corrected chi connectivity index (χ0v) is 7.25. The van der Waals surface area contributed by atoms with Crippen molar-refractivity contribution in [1.82, 2.24) is 0 Å². The molecule has 0 aliphatic heterocycles. The average Bonchev–Trinajstić information content (AvgIpc) is 1.61. The minimum absolute atomic E-state index is 0.138. The van der Waals surface area contributed by atoms with Crippen LogP contribution in [0.15, 0.2) is 0 Å².